The molecule has 2 aromatic rings. The third-order valence-corrected chi connectivity index (χ3v) is 3.56. The van der Waals surface area contributed by atoms with E-state index in [0.717, 1.165) is 5.56 Å². The molecule has 0 fully saturated rings. The number of ether oxygens (including phenoxy) is 1. The minimum absolute atomic E-state index is 0.187. The topological polar surface area (TPSA) is 64.4 Å². The van der Waals surface area contributed by atoms with E-state index in [2.05, 4.69) is 15.2 Å². The molecule has 1 amide bonds. The number of carbonyl (C=O) groups is 1. The molecule has 9 heteroatoms. The number of carbonyl (C=O) groups excluding carboxylic acids is 1. The number of halogens is 3. The van der Waals surface area contributed by atoms with Crippen molar-refractivity contribution in [3.8, 4) is 5.75 Å². The Kier molecular flexibility index (Phi) is 5.54. The monoisotopic (exact) mass is 346 g/mol. The molecular weight excluding hydrogens is 333 g/mol. The molecule has 0 bridgehead atoms. The van der Waals surface area contributed by atoms with E-state index in [0.29, 0.717) is 17.3 Å². The number of nitrogens with one attached hydrogen (secondary N) is 1. The smallest absolute Gasteiger partial charge is 0.406 e. The normalized spacial score (nSPS) is 11.3. The van der Waals surface area contributed by atoms with Crippen molar-refractivity contribution in [2.45, 2.75) is 19.0 Å². The summed E-state index contributed by atoms with van der Waals surface area (Å²) in [5.74, 6) is 1.10. The molecule has 1 N–H and O–H groups in total. The van der Waals surface area contributed by atoms with Gasteiger partial charge < -0.3 is 14.6 Å². The van der Waals surface area contributed by atoms with Crippen molar-refractivity contribution in [2.75, 3.05) is 11.1 Å². The van der Waals surface area contributed by atoms with E-state index in [-0.39, 0.29) is 17.4 Å². The number of benzene rings is 1. The minimum atomic E-state index is -4.70. The van der Waals surface area contributed by atoms with Gasteiger partial charge in [0.15, 0.2) is 5.82 Å². The predicted molar refractivity (Wildman–Crippen MR) is 79.2 cm³/mol. The maximum absolute atomic E-state index is 12.0. The van der Waals surface area contributed by atoms with E-state index >= 15 is 0 Å². The van der Waals surface area contributed by atoms with Gasteiger partial charge in [0.05, 0.1) is 5.75 Å². The molecule has 1 heterocycles. The number of thioether (sulfide) groups is 1. The molecular formula is C14H13F3N2O3S. The van der Waals surface area contributed by atoms with Crippen LogP contribution in [0.3, 0.4) is 0 Å². The molecule has 2 rings (SSSR count). The third kappa shape index (κ3) is 6.23. The highest BCUT2D eigenvalue weighted by molar-refractivity contribution is 7.99. The Morgan fingerprint density at radius 3 is 2.61 bits per heavy atom. The Balaban J connectivity index is 1.74. The second-order valence-corrected chi connectivity index (χ2v) is 5.54. The molecule has 1 aromatic carbocycles. The van der Waals surface area contributed by atoms with E-state index in [1.165, 1.54) is 36.0 Å². The van der Waals surface area contributed by atoms with Crippen molar-refractivity contribution in [2.24, 2.45) is 0 Å². The van der Waals surface area contributed by atoms with Crippen molar-refractivity contribution in [1.29, 1.82) is 0 Å². The molecule has 0 saturated carbocycles. The number of anilines is 1. The largest absolute Gasteiger partial charge is 0.573 e. The zero-order valence-corrected chi connectivity index (χ0v) is 12.8. The minimum Gasteiger partial charge on any atom is -0.406 e. The van der Waals surface area contributed by atoms with Crippen LogP contribution in [-0.4, -0.2) is 23.2 Å². The maximum atomic E-state index is 12.0. The fourth-order valence-corrected chi connectivity index (χ4v) is 2.44. The van der Waals surface area contributed by atoms with Gasteiger partial charge in [-0.1, -0.05) is 17.3 Å². The van der Waals surface area contributed by atoms with Crippen LogP contribution in [0.2, 0.25) is 0 Å². The fraction of sp³-hybridized carbons (Fsp3) is 0.286. The molecule has 5 nitrogen and oxygen atoms in total. The van der Waals surface area contributed by atoms with Gasteiger partial charge in [0.25, 0.3) is 0 Å². The number of rotatable bonds is 6. The first kappa shape index (κ1) is 17.2. The second-order valence-electron chi connectivity index (χ2n) is 4.56. The van der Waals surface area contributed by atoms with Gasteiger partial charge in [0.2, 0.25) is 5.91 Å². The number of aryl methyl sites for hydroxylation is 1. The Hall–Kier alpha value is -2.16. The van der Waals surface area contributed by atoms with E-state index in [4.69, 9.17) is 4.52 Å². The van der Waals surface area contributed by atoms with Crippen molar-refractivity contribution in [1.82, 2.24) is 5.16 Å². The van der Waals surface area contributed by atoms with Crippen molar-refractivity contribution < 1.29 is 27.2 Å². The van der Waals surface area contributed by atoms with Gasteiger partial charge in [0.1, 0.15) is 11.5 Å². The van der Waals surface area contributed by atoms with Gasteiger partial charge in [-0.15, -0.1) is 24.9 Å². The quantitative estimate of drug-likeness (QED) is 0.863. The lowest BCUT2D eigenvalue weighted by Gasteiger charge is -2.09. The summed E-state index contributed by atoms with van der Waals surface area (Å²) in [7, 11) is 0. The first-order valence-electron chi connectivity index (χ1n) is 6.47. The van der Waals surface area contributed by atoms with Gasteiger partial charge in [-0.25, -0.2) is 0 Å². The highest BCUT2D eigenvalue weighted by atomic mass is 32.2. The lowest BCUT2D eigenvalue weighted by Crippen LogP contribution is -2.17. The highest BCUT2D eigenvalue weighted by Crippen LogP contribution is 2.23. The second kappa shape index (κ2) is 7.40. The Morgan fingerprint density at radius 2 is 2.04 bits per heavy atom. The Morgan fingerprint density at radius 1 is 1.35 bits per heavy atom. The summed E-state index contributed by atoms with van der Waals surface area (Å²) in [6.45, 7) is 1.71. The van der Waals surface area contributed by atoms with Crippen molar-refractivity contribution in [3.05, 3.63) is 41.7 Å². The Labute approximate surface area is 134 Å². The molecule has 124 valence electrons. The van der Waals surface area contributed by atoms with E-state index < -0.39 is 6.36 Å². The summed E-state index contributed by atoms with van der Waals surface area (Å²) in [5.41, 5.74) is 0.787. The van der Waals surface area contributed by atoms with E-state index in [9.17, 15) is 18.0 Å². The van der Waals surface area contributed by atoms with Crippen LogP contribution in [0.1, 0.15) is 11.3 Å². The van der Waals surface area contributed by atoms with Crippen LogP contribution in [0, 0.1) is 6.92 Å². The summed E-state index contributed by atoms with van der Waals surface area (Å²) in [4.78, 5) is 11.7. The molecule has 0 unspecified atom stereocenters. The van der Waals surface area contributed by atoms with E-state index in [1.54, 1.807) is 13.0 Å². The van der Waals surface area contributed by atoms with Crippen LogP contribution in [-0.2, 0) is 10.5 Å². The lowest BCUT2D eigenvalue weighted by atomic mass is 10.2. The molecule has 0 atom stereocenters. The first-order chi connectivity index (χ1) is 10.8. The molecule has 0 aliphatic rings. The average molecular weight is 346 g/mol. The van der Waals surface area contributed by atoms with Crippen LogP contribution < -0.4 is 10.1 Å². The number of nitrogens with zero attached hydrogens (tertiary/aromatic N) is 1. The summed E-state index contributed by atoms with van der Waals surface area (Å²) < 4.78 is 44.7. The standard InChI is InChI=1S/C14H13F3N2O3S/c1-9-6-12(19-22-9)18-13(20)8-23-7-10-2-4-11(5-3-10)21-14(15,16)17/h2-6H,7-8H2,1H3,(H,18,19,20). The van der Waals surface area contributed by atoms with Crippen LogP contribution >= 0.6 is 11.8 Å². The zero-order valence-electron chi connectivity index (χ0n) is 12.0. The molecule has 0 saturated heterocycles. The molecule has 0 aliphatic heterocycles. The molecule has 23 heavy (non-hydrogen) atoms. The molecule has 0 aliphatic carbocycles. The van der Waals surface area contributed by atoms with Crippen LogP contribution in [0.5, 0.6) is 5.75 Å². The van der Waals surface area contributed by atoms with Crippen molar-refractivity contribution in [3.63, 3.8) is 0 Å². The van der Waals surface area contributed by atoms with Crippen LogP contribution in [0.15, 0.2) is 34.9 Å². The lowest BCUT2D eigenvalue weighted by molar-refractivity contribution is -0.274. The van der Waals surface area contributed by atoms with Crippen LogP contribution in [0.4, 0.5) is 19.0 Å². The number of hydrogen-bond donors (Lipinski definition) is 1. The third-order valence-electron chi connectivity index (χ3n) is 2.55. The Bertz CT molecular complexity index is 656. The first-order valence-corrected chi connectivity index (χ1v) is 7.63. The average Bonchev–Trinajstić information content (AvgIpc) is 2.84. The summed E-state index contributed by atoms with van der Waals surface area (Å²) in [5, 5.41) is 6.21. The predicted octanol–water partition coefficient (Wildman–Crippen LogP) is 3.75. The molecule has 0 radical (unpaired) electrons. The highest BCUT2D eigenvalue weighted by Gasteiger charge is 2.30. The van der Waals surface area contributed by atoms with Crippen molar-refractivity contribution >= 4 is 23.5 Å². The SMILES string of the molecule is Cc1cc(NC(=O)CSCc2ccc(OC(F)(F)F)cc2)no1. The summed E-state index contributed by atoms with van der Waals surface area (Å²) >= 11 is 1.33. The summed E-state index contributed by atoms with van der Waals surface area (Å²) in [6.07, 6.45) is -4.70. The molecule has 0 spiro atoms. The number of alkyl halides is 3. The molecule has 1 aromatic heterocycles. The summed E-state index contributed by atoms with van der Waals surface area (Å²) in [6, 6.07) is 7.12. The number of amides is 1. The number of aromatic nitrogens is 1. The van der Waals surface area contributed by atoms with Gasteiger partial charge in [0, 0.05) is 11.8 Å². The van der Waals surface area contributed by atoms with Gasteiger partial charge >= 0.3 is 6.36 Å². The maximum Gasteiger partial charge on any atom is 0.573 e. The van der Waals surface area contributed by atoms with Crippen LogP contribution in [0.25, 0.3) is 0 Å². The van der Waals surface area contributed by atoms with Gasteiger partial charge in [-0.3, -0.25) is 4.79 Å². The van der Waals surface area contributed by atoms with E-state index in [1.807, 2.05) is 0 Å². The zero-order chi connectivity index (χ0) is 16.9. The number of hydrogen-bond acceptors (Lipinski definition) is 5. The van der Waals surface area contributed by atoms with Gasteiger partial charge in [-0.05, 0) is 24.6 Å². The van der Waals surface area contributed by atoms with Gasteiger partial charge in [-0.2, -0.15) is 0 Å². The fourth-order valence-electron chi connectivity index (χ4n) is 1.65.